The Morgan fingerprint density at radius 3 is 2.19 bits per heavy atom. The van der Waals surface area contributed by atoms with Crippen LogP contribution >= 0.6 is 0 Å². The van der Waals surface area contributed by atoms with Crippen LogP contribution in [0.25, 0.3) is 0 Å². The van der Waals surface area contributed by atoms with E-state index in [9.17, 15) is 0 Å². The highest BCUT2D eigenvalue weighted by molar-refractivity contribution is 5.84. The average Bonchev–Trinajstić information content (AvgIpc) is 3.35. The molecule has 0 spiro atoms. The third-order valence-electron chi connectivity index (χ3n) is 10.6. The van der Waals surface area contributed by atoms with Crippen molar-refractivity contribution in [1.29, 1.82) is 0 Å². The van der Waals surface area contributed by atoms with Gasteiger partial charge >= 0.3 is 0 Å². The molecule has 2 aliphatic heterocycles. The highest BCUT2D eigenvalue weighted by atomic mass is 15.3. The highest BCUT2D eigenvalue weighted by Crippen LogP contribution is 2.60. The van der Waals surface area contributed by atoms with Gasteiger partial charge in [-0.3, -0.25) is 14.5 Å². The van der Waals surface area contributed by atoms with Crippen LogP contribution in [0.5, 0.6) is 0 Å². The fourth-order valence-corrected chi connectivity index (χ4v) is 9.42. The summed E-state index contributed by atoms with van der Waals surface area (Å²) in [5.41, 5.74) is 0.651. The second-order valence-corrected chi connectivity index (χ2v) is 13.7. The van der Waals surface area contributed by atoms with E-state index in [2.05, 4.69) is 42.1 Å². The van der Waals surface area contributed by atoms with Crippen LogP contribution in [-0.4, -0.2) is 70.9 Å². The Bertz CT molecular complexity index is 763. The predicted octanol–water partition coefficient (Wildman–Crippen LogP) is 6.97. The molecule has 2 unspecified atom stereocenters. The summed E-state index contributed by atoms with van der Waals surface area (Å²) in [5.74, 6) is 6.31. The van der Waals surface area contributed by atoms with Crippen LogP contribution < -0.4 is 0 Å². The van der Waals surface area contributed by atoms with Crippen molar-refractivity contribution in [2.24, 2.45) is 28.2 Å². The largest absolute Gasteiger partial charge is 0.356 e. The summed E-state index contributed by atoms with van der Waals surface area (Å²) in [6, 6.07) is 1.37. The van der Waals surface area contributed by atoms with Gasteiger partial charge in [-0.15, -0.1) is 0 Å². The summed E-state index contributed by atoms with van der Waals surface area (Å²) in [6.45, 7) is 15.7. The topological polar surface area (TPSA) is 21.9 Å². The molecule has 0 saturated heterocycles. The molecular weight excluding hydrogens is 440 g/mol. The highest BCUT2D eigenvalue weighted by Gasteiger charge is 2.54. The molecule has 0 aromatic heterocycles. The minimum absolute atomic E-state index is 0.651. The summed E-state index contributed by atoms with van der Waals surface area (Å²) in [7, 11) is 0. The minimum Gasteiger partial charge on any atom is -0.356 e. The molecule has 0 aromatic carbocycles. The Kier molecular flexibility index (Phi) is 8.68. The van der Waals surface area contributed by atoms with Gasteiger partial charge in [0, 0.05) is 30.8 Å². The van der Waals surface area contributed by atoms with Crippen LogP contribution in [0.2, 0.25) is 0 Å². The van der Waals surface area contributed by atoms with Gasteiger partial charge in [0.2, 0.25) is 5.84 Å². The second-order valence-electron chi connectivity index (χ2n) is 13.7. The Morgan fingerprint density at radius 1 is 0.861 bits per heavy atom. The van der Waals surface area contributed by atoms with Crippen LogP contribution in [0.1, 0.15) is 124 Å². The Morgan fingerprint density at radius 2 is 1.56 bits per heavy atom. The van der Waals surface area contributed by atoms with E-state index in [1.807, 2.05) is 0 Å². The smallest absolute Gasteiger partial charge is 0.247 e. The zero-order valence-corrected chi connectivity index (χ0v) is 24.3. The van der Waals surface area contributed by atoms with Crippen LogP contribution in [0.15, 0.2) is 4.99 Å². The summed E-state index contributed by atoms with van der Waals surface area (Å²) >= 11 is 0. The molecule has 0 aromatic rings. The molecule has 204 valence electrons. The molecule has 0 radical (unpaired) electrons. The lowest BCUT2D eigenvalue weighted by Crippen LogP contribution is -2.53. The molecular formula is C32H57N4+. The van der Waals surface area contributed by atoms with Gasteiger partial charge in [-0.05, 0) is 102 Å². The number of rotatable bonds is 14. The van der Waals surface area contributed by atoms with Crippen molar-refractivity contribution in [3.05, 3.63) is 0 Å². The predicted molar refractivity (Wildman–Crippen MR) is 153 cm³/mol. The van der Waals surface area contributed by atoms with Gasteiger partial charge in [0.1, 0.15) is 12.6 Å². The van der Waals surface area contributed by atoms with Gasteiger partial charge in [0.15, 0.2) is 0 Å². The van der Waals surface area contributed by atoms with Crippen molar-refractivity contribution in [3.63, 3.8) is 0 Å². The molecule has 4 bridgehead atoms. The van der Waals surface area contributed by atoms with E-state index in [1.165, 1.54) is 89.8 Å². The maximum absolute atomic E-state index is 4.96. The third kappa shape index (κ3) is 5.68. The molecule has 6 rings (SSSR count). The van der Waals surface area contributed by atoms with Gasteiger partial charge < -0.3 is 4.90 Å². The lowest BCUT2D eigenvalue weighted by atomic mass is 9.49. The molecule has 36 heavy (non-hydrogen) atoms. The van der Waals surface area contributed by atoms with Crippen molar-refractivity contribution in [3.8, 4) is 0 Å². The molecule has 6 aliphatic rings. The molecule has 4 saturated carbocycles. The van der Waals surface area contributed by atoms with E-state index in [0.717, 1.165) is 24.3 Å². The van der Waals surface area contributed by atoms with Crippen molar-refractivity contribution in [2.45, 2.75) is 136 Å². The van der Waals surface area contributed by atoms with Crippen LogP contribution in [0.3, 0.4) is 0 Å². The fourth-order valence-electron chi connectivity index (χ4n) is 9.42. The first-order valence-corrected chi connectivity index (χ1v) is 16.2. The number of unbranched alkanes of at least 4 members (excludes halogenated alkanes) is 2. The van der Waals surface area contributed by atoms with Gasteiger partial charge in [0.05, 0.1) is 25.5 Å². The number of hydrogen-bond donors (Lipinski definition) is 0. The van der Waals surface area contributed by atoms with E-state index in [-0.39, 0.29) is 0 Å². The first kappa shape index (κ1) is 26.5. The second kappa shape index (κ2) is 11.8. The van der Waals surface area contributed by atoms with E-state index in [0.29, 0.717) is 17.5 Å². The first-order chi connectivity index (χ1) is 17.5. The minimum atomic E-state index is 0.651. The van der Waals surface area contributed by atoms with Gasteiger partial charge in [-0.25, -0.2) is 0 Å². The van der Waals surface area contributed by atoms with Crippen LogP contribution in [0, 0.1) is 23.2 Å². The van der Waals surface area contributed by atoms with E-state index < -0.39 is 0 Å². The Balaban J connectivity index is 1.16. The molecule has 0 N–H and O–H groups in total. The SMILES string of the molecule is CCCCN1C(CCC)=NCC1CCCC[N+]1=C(CCC)N(CC23CC4CC(CC(C4)C2)C3)C(C)C1. The van der Waals surface area contributed by atoms with Gasteiger partial charge in [0.25, 0.3) is 0 Å². The normalized spacial score (nSPS) is 35.4. The Hall–Kier alpha value is -1.06. The van der Waals surface area contributed by atoms with E-state index in [4.69, 9.17) is 4.99 Å². The summed E-state index contributed by atoms with van der Waals surface area (Å²) in [5, 5.41) is 0. The van der Waals surface area contributed by atoms with Crippen molar-refractivity contribution >= 4 is 11.7 Å². The van der Waals surface area contributed by atoms with Crippen LogP contribution in [0.4, 0.5) is 0 Å². The number of nitrogens with zero attached hydrogens (tertiary/aromatic N) is 4. The molecule has 0 amide bonds. The lowest BCUT2D eigenvalue weighted by Gasteiger charge is -2.56. The molecule has 4 fully saturated rings. The molecule has 4 nitrogen and oxygen atoms in total. The van der Waals surface area contributed by atoms with Gasteiger partial charge in [-0.1, -0.05) is 27.2 Å². The van der Waals surface area contributed by atoms with E-state index in [1.54, 1.807) is 44.4 Å². The molecule has 2 heterocycles. The molecule has 4 aliphatic carbocycles. The summed E-state index contributed by atoms with van der Waals surface area (Å²) in [4.78, 5) is 10.6. The Labute approximate surface area is 223 Å². The number of aliphatic imine (C=N–C) groups is 1. The fraction of sp³-hybridized carbons (Fsp3) is 0.938. The van der Waals surface area contributed by atoms with Crippen molar-refractivity contribution in [2.75, 3.05) is 32.7 Å². The molecule has 2 atom stereocenters. The summed E-state index contributed by atoms with van der Waals surface area (Å²) in [6.07, 6.45) is 20.9. The average molecular weight is 498 g/mol. The number of hydrogen-bond acceptors (Lipinski definition) is 3. The van der Waals surface area contributed by atoms with Crippen molar-refractivity contribution < 1.29 is 4.58 Å². The maximum atomic E-state index is 4.96. The lowest BCUT2D eigenvalue weighted by molar-refractivity contribution is -0.522. The standard InChI is InChI=1S/C32H57N4/c1-5-8-15-35-29(22-33-30(35)11-6-2)13-9-10-14-34-23-25(4)36(31(34)12-7-3)24-32-19-26-16-27(20-32)18-28(17-26)21-32/h25-29H,5-24H2,1-4H3/q+1. The molecule has 4 heteroatoms. The third-order valence-corrected chi connectivity index (χ3v) is 10.6. The number of amidine groups is 2. The first-order valence-electron chi connectivity index (χ1n) is 16.2. The zero-order valence-electron chi connectivity index (χ0n) is 24.3. The quantitative estimate of drug-likeness (QED) is 0.191. The van der Waals surface area contributed by atoms with Gasteiger partial charge in [-0.2, -0.15) is 0 Å². The summed E-state index contributed by atoms with van der Waals surface area (Å²) < 4.78 is 2.82. The van der Waals surface area contributed by atoms with E-state index >= 15 is 0 Å². The van der Waals surface area contributed by atoms with Crippen molar-refractivity contribution in [1.82, 2.24) is 9.80 Å². The maximum Gasteiger partial charge on any atom is 0.247 e. The van der Waals surface area contributed by atoms with Crippen LogP contribution in [-0.2, 0) is 0 Å². The zero-order chi connectivity index (χ0) is 25.1. The monoisotopic (exact) mass is 497 g/mol.